The Morgan fingerprint density at radius 1 is 1.47 bits per heavy atom. The smallest absolute Gasteiger partial charge is 0.222 e. The molecule has 0 aliphatic carbocycles. The third kappa shape index (κ3) is 4.30. The fourth-order valence-electron chi connectivity index (χ4n) is 1.53. The topological polar surface area (TPSA) is 63.4 Å². The van der Waals surface area contributed by atoms with Crippen LogP contribution in [0.25, 0.3) is 0 Å². The SMILES string of the molecule is CC(CN)CCC(=O)N1CCS(=O)CC1. The summed E-state index contributed by atoms with van der Waals surface area (Å²) in [4.78, 5) is 13.5. The highest BCUT2D eigenvalue weighted by Gasteiger charge is 2.19. The van der Waals surface area contributed by atoms with Gasteiger partial charge in [-0.05, 0) is 18.9 Å². The summed E-state index contributed by atoms with van der Waals surface area (Å²) in [5, 5.41) is 0. The van der Waals surface area contributed by atoms with Crippen molar-refractivity contribution in [1.29, 1.82) is 0 Å². The number of carbonyl (C=O) groups excluding carboxylic acids is 1. The summed E-state index contributed by atoms with van der Waals surface area (Å²) in [6, 6.07) is 0. The van der Waals surface area contributed by atoms with Crippen LogP contribution in [0.2, 0.25) is 0 Å². The fraction of sp³-hybridized carbons (Fsp3) is 0.900. The highest BCUT2D eigenvalue weighted by Crippen LogP contribution is 2.08. The first kappa shape index (κ1) is 12.6. The van der Waals surface area contributed by atoms with E-state index in [9.17, 15) is 9.00 Å². The maximum atomic E-state index is 11.7. The van der Waals surface area contributed by atoms with Gasteiger partial charge in [0.2, 0.25) is 5.91 Å². The van der Waals surface area contributed by atoms with Crippen molar-refractivity contribution in [3.63, 3.8) is 0 Å². The molecule has 2 N–H and O–H groups in total. The number of hydrogen-bond donors (Lipinski definition) is 1. The summed E-state index contributed by atoms with van der Waals surface area (Å²) in [6.45, 7) is 4.00. The molecule has 1 aliphatic rings. The van der Waals surface area contributed by atoms with E-state index < -0.39 is 10.8 Å². The summed E-state index contributed by atoms with van der Waals surface area (Å²) < 4.78 is 11.1. The Kier molecular flexibility index (Phi) is 5.25. The molecule has 88 valence electrons. The van der Waals surface area contributed by atoms with E-state index in [4.69, 9.17) is 5.73 Å². The Morgan fingerprint density at radius 2 is 2.07 bits per heavy atom. The Labute approximate surface area is 93.7 Å². The first-order valence-corrected chi connectivity index (χ1v) is 6.95. The lowest BCUT2D eigenvalue weighted by molar-refractivity contribution is -0.131. The lowest BCUT2D eigenvalue weighted by Gasteiger charge is -2.26. The minimum absolute atomic E-state index is 0.187. The van der Waals surface area contributed by atoms with Gasteiger partial charge in [0, 0.05) is 41.8 Å². The standard InChI is InChI=1S/C10H20N2O2S/c1-9(8-11)2-3-10(13)12-4-6-15(14)7-5-12/h9H,2-8,11H2,1H3. The van der Waals surface area contributed by atoms with Gasteiger partial charge in [-0.15, -0.1) is 0 Å². The van der Waals surface area contributed by atoms with Gasteiger partial charge in [0.15, 0.2) is 0 Å². The minimum Gasteiger partial charge on any atom is -0.341 e. The van der Waals surface area contributed by atoms with Gasteiger partial charge in [0.1, 0.15) is 0 Å². The largest absolute Gasteiger partial charge is 0.341 e. The molecule has 1 unspecified atom stereocenters. The van der Waals surface area contributed by atoms with Crippen LogP contribution < -0.4 is 5.73 Å². The third-order valence-electron chi connectivity index (χ3n) is 2.78. The molecule has 0 saturated carbocycles. The molecular weight excluding hydrogens is 212 g/mol. The van der Waals surface area contributed by atoms with Crippen molar-refractivity contribution in [2.45, 2.75) is 19.8 Å². The maximum Gasteiger partial charge on any atom is 0.222 e. The van der Waals surface area contributed by atoms with Gasteiger partial charge in [-0.1, -0.05) is 6.92 Å². The van der Waals surface area contributed by atoms with Crippen LogP contribution in [0.15, 0.2) is 0 Å². The van der Waals surface area contributed by atoms with E-state index in [0.29, 0.717) is 43.5 Å². The summed E-state index contributed by atoms with van der Waals surface area (Å²) >= 11 is 0. The summed E-state index contributed by atoms with van der Waals surface area (Å²) in [5.74, 6) is 1.87. The van der Waals surface area contributed by atoms with Crippen LogP contribution in [0.3, 0.4) is 0 Å². The molecule has 0 aromatic rings. The molecule has 1 atom stereocenters. The summed E-state index contributed by atoms with van der Waals surface area (Å²) in [6.07, 6.45) is 1.43. The zero-order chi connectivity index (χ0) is 11.3. The molecule has 0 radical (unpaired) electrons. The fourth-order valence-corrected chi connectivity index (χ4v) is 2.59. The normalized spacial score (nSPS) is 20.3. The van der Waals surface area contributed by atoms with E-state index in [-0.39, 0.29) is 5.91 Å². The molecule has 5 heteroatoms. The number of nitrogens with two attached hydrogens (primary N) is 1. The van der Waals surface area contributed by atoms with Crippen molar-refractivity contribution in [3.8, 4) is 0 Å². The van der Waals surface area contributed by atoms with Crippen molar-refractivity contribution in [3.05, 3.63) is 0 Å². The van der Waals surface area contributed by atoms with Crippen LogP contribution in [0, 0.1) is 5.92 Å². The van der Waals surface area contributed by atoms with Crippen LogP contribution in [0.4, 0.5) is 0 Å². The third-order valence-corrected chi connectivity index (χ3v) is 4.06. The quantitative estimate of drug-likeness (QED) is 0.739. The van der Waals surface area contributed by atoms with Crippen LogP contribution in [-0.2, 0) is 15.6 Å². The highest BCUT2D eigenvalue weighted by molar-refractivity contribution is 7.85. The Morgan fingerprint density at radius 3 is 2.60 bits per heavy atom. The van der Waals surface area contributed by atoms with Crippen LogP contribution in [-0.4, -0.2) is 46.2 Å². The van der Waals surface area contributed by atoms with Crippen LogP contribution in [0.5, 0.6) is 0 Å². The van der Waals surface area contributed by atoms with Gasteiger partial charge < -0.3 is 10.6 Å². The number of nitrogens with zero attached hydrogens (tertiary/aromatic N) is 1. The van der Waals surface area contributed by atoms with Gasteiger partial charge >= 0.3 is 0 Å². The number of amides is 1. The Balaban J connectivity index is 2.25. The Bertz CT molecular complexity index is 236. The molecule has 1 fully saturated rings. The minimum atomic E-state index is -0.706. The first-order chi connectivity index (χ1) is 7.13. The average molecular weight is 232 g/mol. The maximum absolute atomic E-state index is 11.7. The monoisotopic (exact) mass is 232 g/mol. The molecule has 0 aromatic heterocycles. The number of carbonyl (C=O) groups is 1. The predicted molar refractivity (Wildman–Crippen MR) is 61.9 cm³/mol. The molecule has 1 heterocycles. The van der Waals surface area contributed by atoms with E-state index in [1.807, 2.05) is 4.90 Å². The summed E-state index contributed by atoms with van der Waals surface area (Å²) in [5.41, 5.74) is 5.49. The van der Waals surface area contributed by atoms with Crippen LogP contribution >= 0.6 is 0 Å². The Hall–Kier alpha value is -0.420. The highest BCUT2D eigenvalue weighted by atomic mass is 32.2. The first-order valence-electron chi connectivity index (χ1n) is 5.46. The molecule has 1 amide bonds. The molecule has 15 heavy (non-hydrogen) atoms. The van der Waals surface area contributed by atoms with E-state index in [1.165, 1.54) is 0 Å². The van der Waals surface area contributed by atoms with Gasteiger partial charge in [0.25, 0.3) is 0 Å². The van der Waals surface area contributed by atoms with Gasteiger partial charge in [-0.25, -0.2) is 0 Å². The molecule has 1 aliphatic heterocycles. The lowest BCUT2D eigenvalue weighted by Crippen LogP contribution is -2.41. The second-order valence-corrected chi connectivity index (χ2v) is 5.80. The second-order valence-electron chi connectivity index (χ2n) is 4.11. The second kappa shape index (κ2) is 6.23. The molecule has 0 bridgehead atoms. The zero-order valence-corrected chi connectivity index (χ0v) is 10.1. The van der Waals surface area contributed by atoms with Crippen LogP contribution in [0.1, 0.15) is 19.8 Å². The lowest BCUT2D eigenvalue weighted by atomic mass is 10.1. The average Bonchev–Trinajstić information content (AvgIpc) is 2.26. The predicted octanol–water partition coefficient (Wildman–Crippen LogP) is -0.0477. The van der Waals surface area contributed by atoms with Crippen molar-refractivity contribution >= 4 is 16.7 Å². The molecule has 1 saturated heterocycles. The number of rotatable bonds is 4. The van der Waals surface area contributed by atoms with E-state index >= 15 is 0 Å². The van der Waals surface area contributed by atoms with E-state index in [2.05, 4.69) is 6.92 Å². The van der Waals surface area contributed by atoms with Gasteiger partial charge in [0.05, 0.1) is 0 Å². The van der Waals surface area contributed by atoms with E-state index in [0.717, 1.165) is 6.42 Å². The summed E-state index contributed by atoms with van der Waals surface area (Å²) in [7, 11) is -0.706. The molecular formula is C10H20N2O2S. The van der Waals surface area contributed by atoms with Crippen molar-refractivity contribution in [1.82, 2.24) is 4.90 Å². The van der Waals surface area contributed by atoms with Crippen molar-refractivity contribution < 1.29 is 9.00 Å². The van der Waals surface area contributed by atoms with Gasteiger partial charge in [-0.2, -0.15) is 0 Å². The van der Waals surface area contributed by atoms with E-state index in [1.54, 1.807) is 0 Å². The molecule has 1 rings (SSSR count). The molecule has 0 aromatic carbocycles. The van der Waals surface area contributed by atoms with Crippen molar-refractivity contribution in [2.24, 2.45) is 11.7 Å². The zero-order valence-electron chi connectivity index (χ0n) is 9.28. The molecule has 4 nitrogen and oxygen atoms in total. The van der Waals surface area contributed by atoms with Gasteiger partial charge in [-0.3, -0.25) is 9.00 Å². The number of hydrogen-bond acceptors (Lipinski definition) is 3. The van der Waals surface area contributed by atoms with Crippen molar-refractivity contribution in [2.75, 3.05) is 31.1 Å². The molecule has 0 spiro atoms.